The number of H-pyrrole nitrogens is 1. The molecule has 38 heavy (non-hydrogen) atoms. The third-order valence-corrected chi connectivity index (χ3v) is 6.41. The first kappa shape index (κ1) is 25.1. The summed E-state index contributed by atoms with van der Waals surface area (Å²) in [5.41, 5.74) is 7.39. The topological polar surface area (TPSA) is 98.6 Å². The van der Waals surface area contributed by atoms with Crippen LogP contribution in [0.25, 0.3) is 22.5 Å². The van der Waals surface area contributed by atoms with E-state index >= 15 is 0 Å². The Hall–Kier alpha value is -4.59. The normalized spacial score (nSPS) is 11.0. The first-order valence-corrected chi connectivity index (χ1v) is 12.9. The second kappa shape index (κ2) is 11.6. The molecule has 0 radical (unpaired) electrons. The Balaban J connectivity index is 1.49. The number of hydrogen-bond donors (Lipinski definition) is 1. The number of nitrogens with zero attached hydrogens (tertiary/aromatic N) is 5. The second-order valence-corrected chi connectivity index (χ2v) is 9.03. The van der Waals surface area contributed by atoms with E-state index in [1.54, 1.807) is 0 Å². The van der Waals surface area contributed by atoms with Crippen LogP contribution in [0.3, 0.4) is 0 Å². The number of rotatable bonds is 10. The van der Waals surface area contributed by atoms with Gasteiger partial charge in [0.1, 0.15) is 5.56 Å². The summed E-state index contributed by atoms with van der Waals surface area (Å²) in [7, 11) is 0. The molecule has 0 bridgehead atoms. The lowest BCUT2D eigenvalue weighted by atomic mass is 9.96. The first-order chi connectivity index (χ1) is 18.7. The van der Waals surface area contributed by atoms with E-state index in [9.17, 15) is 4.79 Å². The number of tetrazole rings is 1. The van der Waals surface area contributed by atoms with E-state index < -0.39 is 0 Å². The largest absolute Gasteiger partial charge is 0.462 e. The van der Waals surface area contributed by atoms with Gasteiger partial charge >= 0.3 is 5.97 Å². The van der Waals surface area contributed by atoms with Crippen LogP contribution < -0.4 is 0 Å². The number of carbonyl (C=O) groups excluding carboxylic acids is 1. The van der Waals surface area contributed by atoms with Crippen molar-refractivity contribution in [1.82, 2.24) is 30.4 Å². The number of aryl methyl sites for hydroxylation is 1. The summed E-state index contributed by atoms with van der Waals surface area (Å²) < 4.78 is 7.47. The second-order valence-electron chi connectivity index (χ2n) is 9.03. The molecule has 0 atom stereocenters. The zero-order valence-electron chi connectivity index (χ0n) is 21.6. The van der Waals surface area contributed by atoms with Crippen LogP contribution in [-0.2, 0) is 24.1 Å². The van der Waals surface area contributed by atoms with Gasteiger partial charge in [-0.2, -0.15) is 10.3 Å². The van der Waals surface area contributed by atoms with Crippen molar-refractivity contribution in [2.24, 2.45) is 0 Å². The molecule has 2 heterocycles. The molecule has 1 N–H and O–H groups in total. The molecule has 0 aliphatic rings. The van der Waals surface area contributed by atoms with Gasteiger partial charge in [0.25, 0.3) is 0 Å². The highest BCUT2D eigenvalue weighted by Gasteiger charge is 2.25. The number of aromatic nitrogens is 6. The van der Waals surface area contributed by atoms with Crippen LogP contribution in [0.15, 0.2) is 78.9 Å². The molecule has 0 aliphatic carbocycles. The third-order valence-electron chi connectivity index (χ3n) is 6.41. The first-order valence-electron chi connectivity index (χ1n) is 12.9. The zero-order valence-corrected chi connectivity index (χ0v) is 21.6. The number of aromatic amines is 1. The summed E-state index contributed by atoms with van der Waals surface area (Å²) in [6, 6.07) is 26.4. The average molecular weight is 507 g/mol. The van der Waals surface area contributed by atoms with Crippen molar-refractivity contribution < 1.29 is 9.53 Å². The minimum Gasteiger partial charge on any atom is -0.462 e. The van der Waals surface area contributed by atoms with Gasteiger partial charge in [0, 0.05) is 24.9 Å². The van der Waals surface area contributed by atoms with Gasteiger partial charge in [-0.05, 0) is 40.8 Å². The molecule has 0 unspecified atom stereocenters. The molecule has 2 aromatic heterocycles. The standard InChI is InChI=1S/C30H30N6O2/c1-3-18-36-27(28(30(37)38-4-2)26(33-36)19-21-10-6-5-7-11-21)20-22-14-16-23(17-15-22)24-12-8-9-13-25(24)29-31-34-35-32-29/h5-17H,3-4,18-20H2,1-2H3,(H,31,32,34,35). The van der Waals surface area contributed by atoms with Crippen molar-refractivity contribution in [3.05, 3.63) is 107 Å². The molecular formula is C30H30N6O2. The Morgan fingerprint density at radius 2 is 1.58 bits per heavy atom. The average Bonchev–Trinajstić information content (AvgIpc) is 3.59. The van der Waals surface area contributed by atoms with Crippen molar-refractivity contribution in [1.29, 1.82) is 0 Å². The van der Waals surface area contributed by atoms with Crippen LogP contribution in [0.1, 0.15) is 53.1 Å². The minimum atomic E-state index is -0.318. The maximum absolute atomic E-state index is 13.2. The predicted molar refractivity (Wildman–Crippen MR) is 146 cm³/mol. The molecule has 0 fully saturated rings. The molecule has 8 nitrogen and oxygen atoms in total. The summed E-state index contributed by atoms with van der Waals surface area (Å²) in [5, 5.41) is 19.4. The van der Waals surface area contributed by atoms with Gasteiger partial charge in [-0.1, -0.05) is 85.8 Å². The number of benzene rings is 3. The molecule has 0 amide bonds. The molecule has 192 valence electrons. The third kappa shape index (κ3) is 5.39. The highest BCUT2D eigenvalue weighted by molar-refractivity contribution is 5.92. The van der Waals surface area contributed by atoms with E-state index in [4.69, 9.17) is 9.84 Å². The van der Waals surface area contributed by atoms with E-state index in [1.807, 2.05) is 54.1 Å². The maximum atomic E-state index is 13.2. The molecule has 3 aromatic carbocycles. The number of nitrogens with one attached hydrogen (secondary N) is 1. The predicted octanol–water partition coefficient (Wildman–Crippen LogP) is 5.50. The van der Waals surface area contributed by atoms with Gasteiger partial charge in [0.05, 0.1) is 18.0 Å². The highest BCUT2D eigenvalue weighted by atomic mass is 16.5. The Kier molecular flexibility index (Phi) is 7.68. The zero-order chi connectivity index (χ0) is 26.3. The van der Waals surface area contributed by atoms with Crippen LogP contribution in [0.2, 0.25) is 0 Å². The Bertz CT molecular complexity index is 1490. The molecule has 0 spiro atoms. The van der Waals surface area contributed by atoms with Gasteiger partial charge < -0.3 is 4.74 Å². The van der Waals surface area contributed by atoms with Gasteiger partial charge in [0.15, 0.2) is 0 Å². The SMILES string of the molecule is CCCn1nc(Cc2ccccc2)c(C(=O)OCC)c1Cc1ccc(-c2ccccc2-c2nn[nH]n2)cc1. The number of hydrogen-bond acceptors (Lipinski definition) is 6. The number of esters is 1. The Labute approximate surface area is 221 Å². The van der Waals surface area contributed by atoms with E-state index in [1.165, 1.54) is 0 Å². The summed E-state index contributed by atoms with van der Waals surface area (Å²) in [6.45, 7) is 4.99. The lowest BCUT2D eigenvalue weighted by Gasteiger charge is -2.11. The van der Waals surface area contributed by atoms with Crippen LogP contribution in [0.4, 0.5) is 0 Å². The maximum Gasteiger partial charge on any atom is 0.341 e. The summed E-state index contributed by atoms with van der Waals surface area (Å²) in [5.74, 6) is 0.236. The van der Waals surface area contributed by atoms with E-state index in [-0.39, 0.29) is 5.97 Å². The van der Waals surface area contributed by atoms with Crippen molar-refractivity contribution in [3.8, 4) is 22.5 Å². The van der Waals surface area contributed by atoms with E-state index in [2.05, 4.69) is 63.9 Å². The molecule has 0 saturated heterocycles. The smallest absolute Gasteiger partial charge is 0.341 e. The fourth-order valence-electron chi connectivity index (χ4n) is 4.68. The lowest BCUT2D eigenvalue weighted by Crippen LogP contribution is -2.12. The molecule has 0 aliphatic heterocycles. The highest BCUT2D eigenvalue weighted by Crippen LogP contribution is 2.30. The van der Waals surface area contributed by atoms with Gasteiger partial charge in [-0.25, -0.2) is 4.79 Å². The van der Waals surface area contributed by atoms with E-state index in [0.29, 0.717) is 30.8 Å². The Morgan fingerprint density at radius 1 is 0.868 bits per heavy atom. The van der Waals surface area contributed by atoms with Crippen LogP contribution in [0, 0.1) is 0 Å². The van der Waals surface area contributed by atoms with Crippen molar-refractivity contribution >= 4 is 5.97 Å². The summed E-state index contributed by atoms with van der Waals surface area (Å²) in [6.07, 6.45) is 2.06. The molecule has 8 heteroatoms. The fourth-order valence-corrected chi connectivity index (χ4v) is 4.68. The van der Waals surface area contributed by atoms with E-state index in [0.717, 1.165) is 52.2 Å². The minimum absolute atomic E-state index is 0.316. The lowest BCUT2D eigenvalue weighted by molar-refractivity contribution is 0.0524. The quantitative estimate of drug-likeness (QED) is 0.251. The summed E-state index contributed by atoms with van der Waals surface area (Å²) in [4.78, 5) is 13.2. The van der Waals surface area contributed by atoms with Gasteiger partial charge in [-0.3, -0.25) is 4.68 Å². The van der Waals surface area contributed by atoms with Gasteiger partial charge in [-0.15, -0.1) is 10.2 Å². The monoisotopic (exact) mass is 506 g/mol. The number of carbonyl (C=O) groups is 1. The summed E-state index contributed by atoms with van der Waals surface area (Å²) >= 11 is 0. The van der Waals surface area contributed by atoms with Gasteiger partial charge in [0.2, 0.25) is 5.82 Å². The molecule has 0 saturated carbocycles. The van der Waals surface area contributed by atoms with Crippen molar-refractivity contribution in [3.63, 3.8) is 0 Å². The molecule has 5 aromatic rings. The van der Waals surface area contributed by atoms with Crippen LogP contribution >= 0.6 is 0 Å². The molecule has 5 rings (SSSR count). The van der Waals surface area contributed by atoms with Crippen molar-refractivity contribution in [2.75, 3.05) is 6.61 Å². The number of ether oxygens (including phenoxy) is 1. The Morgan fingerprint density at radius 3 is 2.26 bits per heavy atom. The fraction of sp³-hybridized carbons (Fsp3) is 0.233. The van der Waals surface area contributed by atoms with Crippen LogP contribution in [0.5, 0.6) is 0 Å². The van der Waals surface area contributed by atoms with Crippen LogP contribution in [-0.4, -0.2) is 43.0 Å². The molecular weight excluding hydrogens is 476 g/mol. The van der Waals surface area contributed by atoms with Crippen molar-refractivity contribution in [2.45, 2.75) is 39.7 Å².